The first-order valence-corrected chi connectivity index (χ1v) is 10.0. The maximum absolute atomic E-state index is 12.8. The molecule has 1 aromatic heterocycles. The molecule has 0 bridgehead atoms. The molecule has 2 aliphatic heterocycles. The van der Waals surface area contributed by atoms with Crippen LogP contribution in [0.15, 0.2) is 24.3 Å². The fourth-order valence-electron chi connectivity index (χ4n) is 4.68. The lowest BCUT2D eigenvalue weighted by Gasteiger charge is -2.29. The summed E-state index contributed by atoms with van der Waals surface area (Å²) < 4.78 is 0. The van der Waals surface area contributed by atoms with Crippen LogP contribution in [-0.4, -0.2) is 70.9 Å². The lowest BCUT2D eigenvalue weighted by atomic mass is 10.0. The molecule has 1 N–H and O–H groups in total. The summed E-state index contributed by atoms with van der Waals surface area (Å²) in [5.41, 5.74) is 3.94. The predicted octanol–water partition coefficient (Wildman–Crippen LogP) is 2.47. The quantitative estimate of drug-likeness (QED) is 0.897. The molecule has 26 heavy (non-hydrogen) atoms. The molecule has 1 unspecified atom stereocenters. The van der Waals surface area contributed by atoms with Gasteiger partial charge in [-0.05, 0) is 37.6 Å². The Bertz CT molecular complexity index is 779. The number of hydrogen-bond donors (Lipinski definition) is 1. The van der Waals surface area contributed by atoms with Gasteiger partial charge in [-0.15, -0.1) is 0 Å². The second kappa shape index (κ2) is 7.41. The van der Waals surface area contributed by atoms with Crippen LogP contribution in [0.1, 0.15) is 31.5 Å². The lowest BCUT2D eigenvalue weighted by molar-refractivity contribution is -0.131. The van der Waals surface area contributed by atoms with Crippen LogP contribution in [0.25, 0.3) is 10.9 Å². The van der Waals surface area contributed by atoms with Crippen LogP contribution in [-0.2, 0) is 17.8 Å². The number of nitrogens with one attached hydrogen (secondary N) is 1. The van der Waals surface area contributed by atoms with Gasteiger partial charge in [0, 0.05) is 48.8 Å². The van der Waals surface area contributed by atoms with Gasteiger partial charge in [0.1, 0.15) is 0 Å². The molecule has 0 aliphatic carbocycles. The third-order valence-electron chi connectivity index (χ3n) is 6.17. The number of rotatable bonds is 5. The molecule has 1 saturated heterocycles. The molecular weight excluding hydrogens is 324 g/mol. The highest BCUT2D eigenvalue weighted by molar-refractivity contribution is 5.85. The Balaban J connectivity index is 1.37. The zero-order valence-corrected chi connectivity index (χ0v) is 16.0. The van der Waals surface area contributed by atoms with E-state index in [0.717, 1.165) is 52.1 Å². The van der Waals surface area contributed by atoms with E-state index in [1.807, 2.05) is 0 Å². The van der Waals surface area contributed by atoms with Crippen LogP contribution >= 0.6 is 0 Å². The molecule has 140 valence electrons. The van der Waals surface area contributed by atoms with E-state index in [2.05, 4.69) is 57.8 Å². The van der Waals surface area contributed by atoms with Crippen molar-refractivity contribution in [3.63, 3.8) is 0 Å². The van der Waals surface area contributed by atoms with E-state index in [0.29, 0.717) is 18.5 Å². The fourth-order valence-corrected chi connectivity index (χ4v) is 4.68. The van der Waals surface area contributed by atoms with Gasteiger partial charge < -0.3 is 9.88 Å². The number of hydrogen-bond acceptors (Lipinski definition) is 3. The molecular formula is C21H30N4O. The van der Waals surface area contributed by atoms with Gasteiger partial charge in [-0.25, -0.2) is 0 Å². The van der Waals surface area contributed by atoms with Gasteiger partial charge in [-0.1, -0.05) is 32.0 Å². The maximum atomic E-state index is 12.8. The van der Waals surface area contributed by atoms with Gasteiger partial charge in [0.2, 0.25) is 5.91 Å². The Morgan fingerprint density at radius 2 is 2.04 bits per heavy atom. The zero-order chi connectivity index (χ0) is 18.1. The summed E-state index contributed by atoms with van der Waals surface area (Å²) in [5.74, 6) is 0.291. The van der Waals surface area contributed by atoms with E-state index in [9.17, 15) is 4.79 Å². The van der Waals surface area contributed by atoms with Gasteiger partial charge in [-0.3, -0.25) is 14.6 Å². The number of H-pyrrole nitrogens is 1. The molecule has 1 atom stereocenters. The molecule has 3 heterocycles. The SMILES string of the molecule is CCN(CC)C1CCN(C(=O)CN2CCc3c([nH]c4ccccc34)C2)C1. The average Bonchev–Trinajstić information content (AvgIpc) is 3.27. The minimum Gasteiger partial charge on any atom is -0.357 e. The largest absolute Gasteiger partial charge is 0.357 e. The number of aromatic amines is 1. The van der Waals surface area contributed by atoms with E-state index < -0.39 is 0 Å². The molecule has 1 aromatic carbocycles. The fraction of sp³-hybridized carbons (Fsp3) is 0.571. The summed E-state index contributed by atoms with van der Waals surface area (Å²) in [6.07, 6.45) is 2.13. The predicted molar refractivity (Wildman–Crippen MR) is 105 cm³/mol. The Labute approximate surface area is 155 Å². The molecule has 4 rings (SSSR count). The monoisotopic (exact) mass is 354 g/mol. The second-order valence-corrected chi connectivity index (χ2v) is 7.59. The van der Waals surface area contributed by atoms with Crippen LogP contribution in [0.2, 0.25) is 0 Å². The van der Waals surface area contributed by atoms with Crippen LogP contribution in [0.5, 0.6) is 0 Å². The van der Waals surface area contributed by atoms with Crippen molar-refractivity contribution < 1.29 is 4.79 Å². The number of likely N-dealkylation sites (N-methyl/N-ethyl adjacent to an activating group) is 1. The number of benzene rings is 1. The summed E-state index contributed by atoms with van der Waals surface area (Å²) in [7, 11) is 0. The topological polar surface area (TPSA) is 42.6 Å². The number of likely N-dealkylation sites (tertiary alicyclic amines) is 1. The number of fused-ring (bicyclic) bond motifs is 3. The van der Waals surface area contributed by atoms with Gasteiger partial charge >= 0.3 is 0 Å². The average molecular weight is 354 g/mol. The second-order valence-electron chi connectivity index (χ2n) is 7.59. The highest BCUT2D eigenvalue weighted by atomic mass is 16.2. The lowest BCUT2D eigenvalue weighted by Crippen LogP contribution is -2.43. The van der Waals surface area contributed by atoms with Crippen molar-refractivity contribution in [2.45, 2.75) is 39.3 Å². The molecule has 0 saturated carbocycles. The third-order valence-corrected chi connectivity index (χ3v) is 6.17. The standard InChI is InChI=1S/C21H30N4O/c1-3-24(4-2)16-9-12-25(13-16)21(26)15-23-11-10-18-17-7-5-6-8-19(17)22-20(18)14-23/h5-8,16,22H,3-4,9-15H2,1-2H3. The van der Waals surface area contributed by atoms with Gasteiger partial charge in [0.05, 0.1) is 6.54 Å². The molecule has 1 amide bonds. The minimum absolute atomic E-state index is 0.291. The van der Waals surface area contributed by atoms with Crippen molar-refractivity contribution in [2.24, 2.45) is 0 Å². The molecule has 0 spiro atoms. The van der Waals surface area contributed by atoms with Crippen LogP contribution in [0.3, 0.4) is 0 Å². The smallest absolute Gasteiger partial charge is 0.236 e. The van der Waals surface area contributed by atoms with Crippen molar-refractivity contribution in [2.75, 3.05) is 39.3 Å². The van der Waals surface area contributed by atoms with Crippen molar-refractivity contribution in [3.05, 3.63) is 35.5 Å². The normalized spacial score (nSPS) is 20.9. The Hall–Kier alpha value is -1.85. The summed E-state index contributed by atoms with van der Waals surface area (Å²) >= 11 is 0. The van der Waals surface area contributed by atoms with Gasteiger partial charge in [0.25, 0.3) is 0 Å². The maximum Gasteiger partial charge on any atom is 0.236 e. The minimum atomic E-state index is 0.291. The number of nitrogens with zero attached hydrogens (tertiary/aromatic N) is 3. The van der Waals surface area contributed by atoms with Crippen molar-refractivity contribution in [1.82, 2.24) is 19.7 Å². The molecule has 2 aliphatic rings. The van der Waals surface area contributed by atoms with Crippen LogP contribution < -0.4 is 0 Å². The van der Waals surface area contributed by atoms with Gasteiger partial charge in [0.15, 0.2) is 0 Å². The van der Waals surface area contributed by atoms with E-state index in [1.165, 1.54) is 22.2 Å². The number of carbonyl (C=O) groups is 1. The van der Waals surface area contributed by atoms with Crippen molar-refractivity contribution in [3.8, 4) is 0 Å². The Morgan fingerprint density at radius 3 is 2.85 bits per heavy atom. The summed E-state index contributed by atoms with van der Waals surface area (Å²) in [5, 5.41) is 1.34. The van der Waals surface area contributed by atoms with E-state index in [-0.39, 0.29) is 0 Å². The first-order chi connectivity index (χ1) is 12.7. The van der Waals surface area contributed by atoms with Crippen molar-refractivity contribution >= 4 is 16.8 Å². The van der Waals surface area contributed by atoms with Crippen molar-refractivity contribution in [1.29, 1.82) is 0 Å². The highest BCUT2D eigenvalue weighted by Crippen LogP contribution is 2.27. The Morgan fingerprint density at radius 1 is 1.23 bits per heavy atom. The first kappa shape index (κ1) is 17.6. The summed E-state index contributed by atoms with van der Waals surface area (Å²) in [4.78, 5) is 23.2. The van der Waals surface area contributed by atoms with Gasteiger partial charge in [-0.2, -0.15) is 0 Å². The van der Waals surface area contributed by atoms with E-state index in [4.69, 9.17) is 0 Å². The zero-order valence-electron chi connectivity index (χ0n) is 16.0. The number of para-hydroxylation sites is 1. The first-order valence-electron chi connectivity index (χ1n) is 10.0. The number of carbonyl (C=O) groups excluding carboxylic acids is 1. The summed E-state index contributed by atoms with van der Waals surface area (Å²) in [6.45, 7) is 10.7. The number of aromatic nitrogens is 1. The third kappa shape index (κ3) is 3.26. The Kier molecular flexibility index (Phi) is 5.00. The molecule has 5 heteroatoms. The molecule has 2 aromatic rings. The highest BCUT2D eigenvalue weighted by Gasteiger charge is 2.30. The van der Waals surface area contributed by atoms with Crippen LogP contribution in [0, 0.1) is 0 Å². The van der Waals surface area contributed by atoms with E-state index in [1.54, 1.807) is 0 Å². The number of amides is 1. The molecule has 1 fully saturated rings. The van der Waals surface area contributed by atoms with Crippen LogP contribution in [0.4, 0.5) is 0 Å². The van der Waals surface area contributed by atoms with E-state index >= 15 is 0 Å². The molecule has 5 nitrogen and oxygen atoms in total. The molecule has 0 radical (unpaired) electrons. The summed E-state index contributed by atoms with van der Waals surface area (Å²) in [6, 6.07) is 9.05.